The lowest BCUT2D eigenvalue weighted by Crippen LogP contribution is -2.40. The highest BCUT2D eigenvalue weighted by Crippen LogP contribution is 2.26. The first-order chi connectivity index (χ1) is 6.85. The first-order valence-electron chi connectivity index (χ1n) is 5.43. The molecular formula is C12H21NO2. The van der Waals surface area contributed by atoms with Crippen molar-refractivity contribution in [1.29, 1.82) is 0 Å². The molecule has 0 fully saturated rings. The van der Waals surface area contributed by atoms with Gasteiger partial charge in [-0.1, -0.05) is 13.0 Å². The second-order valence-electron chi connectivity index (χ2n) is 4.93. The highest BCUT2D eigenvalue weighted by molar-refractivity contribution is 5.82. The van der Waals surface area contributed by atoms with Gasteiger partial charge in [0, 0.05) is 12.3 Å². The van der Waals surface area contributed by atoms with Crippen LogP contribution in [0, 0.1) is 5.92 Å². The van der Waals surface area contributed by atoms with Crippen LogP contribution in [0.25, 0.3) is 0 Å². The predicted molar refractivity (Wildman–Crippen MR) is 62.0 cm³/mol. The van der Waals surface area contributed by atoms with Crippen molar-refractivity contribution in [3.63, 3.8) is 0 Å². The predicted octanol–water partition coefficient (Wildman–Crippen LogP) is 2.16. The fourth-order valence-electron chi connectivity index (χ4n) is 1.81. The summed E-state index contributed by atoms with van der Waals surface area (Å²) < 4.78 is 5.56. The highest BCUT2D eigenvalue weighted by atomic mass is 16.5. The molecular weight excluding hydrogens is 190 g/mol. The van der Waals surface area contributed by atoms with Crippen molar-refractivity contribution >= 4 is 5.90 Å². The molecule has 1 heterocycles. The minimum atomic E-state index is -0.676. The smallest absolute Gasteiger partial charge is 0.214 e. The first kappa shape index (κ1) is 12.2. The molecule has 0 bridgehead atoms. The fraction of sp³-hybridized carbons (Fsp3) is 0.750. The molecule has 1 aliphatic heterocycles. The van der Waals surface area contributed by atoms with E-state index in [-0.39, 0.29) is 17.6 Å². The van der Waals surface area contributed by atoms with Gasteiger partial charge in [0.2, 0.25) is 5.90 Å². The molecule has 3 nitrogen and oxygen atoms in total. The summed E-state index contributed by atoms with van der Waals surface area (Å²) in [6.07, 6.45) is 2.03. The third kappa shape index (κ3) is 3.06. The Morgan fingerprint density at radius 1 is 1.67 bits per heavy atom. The number of ether oxygens (including phenoxy) is 1. The van der Waals surface area contributed by atoms with E-state index in [1.165, 1.54) is 0 Å². The van der Waals surface area contributed by atoms with Crippen molar-refractivity contribution in [2.75, 3.05) is 0 Å². The Hall–Kier alpha value is -0.830. The van der Waals surface area contributed by atoms with E-state index >= 15 is 0 Å². The van der Waals surface area contributed by atoms with Crippen LogP contribution < -0.4 is 0 Å². The number of aliphatic hydroxyl groups is 1. The van der Waals surface area contributed by atoms with Crippen LogP contribution in [0.15, 0.2) is 17.6 Å². The molecule has 3 atom stereocenters. The van der Waals surface area contributed by atoms with Crippen LogP contribution >= 0.6 is 0 Å². The summed E-state index contributed by atoms with van der Waals surface area (Å²) in [7, 11) is 0. The Labute approximate surface area is 91.9 Å². The van der Waals surface area contributed by atoms with Gasteiger partial charge in [-0.15, -0.1) is 6.58 Å². The molecule has 0 aromatic carbocycles. The second kappa shape index (κ2) is 4.35. The fourth-order valence-corrected chi connectivity index (χ4v) is 1.81. The van der Waals surface area contributed by atoms with E-state index in [1.807, 2.05) is 13.8 Å². The monoisotopic (exact) mass is 211 g/mol. The van der Waals surface area contributed by atoms with E-state index in [1.54, 1.807) is 6.08 Å². The van der Waals surface area contributed by atoms with E-state index in [0.717, 1.165) is 6.42 Å². The Bertz CT molecular complexity index is 271. The lowest BCUT2D eigenvalue weighted by atomic mass is 9.95. The molecule has 1 N–H and O–H groups in total. The molecule has 0 amide bonds. The maximum atomic E-state index is 9.97. The Balaban J connectivity index is 2.85. The zero-order chi connectivity index (χ0) is 11.6. The quantitative estimate of drug-likeness (QED) is 0.727. The number of hydrogen-bond acceptors (Lipinski definition) is 3. The van der Waals surface area contributed by atoms with Gasteiger partial charge in [0.1, 0.15) is 6.10 Å². The van der Waals surface area contributed by atoms with Crippen LogP contribution in [0.5, 0.6) is 0 Å². The minimum Gasteiger partial charge on any atom is -0.476 e. The zero-order valence-corrected chi connectivity index (χ0v) is 10.0. The van der Waals surface area contributed by atoms with Crippen LogP contribution in [0.2, 0.25) is 0 Å². The van der Waals surface area contributed by atoms with Crippen molar-refractivity contribution in [3.8, 4) is 0 Å². The van der Waals surface area contributed by atoms with Crippen LogP contribution in [-0.2, 0) is 4.74 Å². The maximum absolute atomic E-state index is 9.97. The number of rotatable bonds is 3. The summed E-state index contributed by atoms with van der Waals surface area (Å²) in [5.41, 5.74) is -0.144. The minimum absolute atomic E-state index is 0.0372. The topological polar surface area (TPSA) is 41.8 Å². The summed E-state index contributed by atoms with van der Waals surface area (Å²) in [6, 6.07) is 0. The van der Waals surface area contributed by atoms with Gasteiger partial charge in [-0.25, -0.2) is 4.99 Å². The van der Waals surface area contributed by atoms with Gasteiger partial charge in [-0.3, -0.25) is 0 Å². The van der Waals surface area contributed by atoms with E-state index in [0.29, 0.717) is 5.90 Å². The summed E-state index contributed by atoms with van der Waals surface area (Å²) in [4.78, 5) is 4.43. The Kier molecular flexibility index (Phi) is 3.55. The van der Waals surface area contributed by atoms with Gasteiger partial charge < -0.3 is 9.84 Å². The molecule has 0 aliphatic carbocycles. The van der Waals surface area contributed by atoms with Crippen molar-refractivity contribution in [3.05, 3.63) is 12.7 Å². The molecule has 0 radical (unpaired) electrons. The maximum Gasteiger partial charge on any atom is 0.214 e. The molecule has 1 unspecified atom stereocenters. The van der Waals surface area contributed by atoms with Gasteiger partial charge >= 0.3 is 0 Å². The lowest BCUT2D eigenvalue weighted by Gasteiger charge is -2.33. The summed E-state index contributed by atoms with van der Waals surface area (Å²) in [6.45, 7) is 11.7. The molecule has 0 saturated heterocycles. The van der Waals surface area contributed by atoms with E-state index < -0.39 is 6.10 Å². The van der Waals surface area contributed by atoms with Gasteiger partial charge in [0.25, 0.3) is 0 Å². The van der Waals surface area contributed by atoms with Crippen molar-refractivity contribution in [1.82, 2.24) is 0 Å². The SMILES string of the molecule is C=C[C@@H](C)[C@@H](O)C1=NC(C)(C)CC(C)O1. The molecule has 15 heavy (non-hydrogen) atoms. The molecule has 1 rings (SSSR count). The van der Waals surface area contributed by atoms with Crippen LogP contribution in [0.3, 0.4) is 0 Å². The molecule has 86 valence electrons. The Morgan fingerprint density at radius 2 is 2.27 bits per heavy atom. The van der Waals surface area contributed by atoms with E-state index in [4.69, 9.17) is 4.74 Å². The molecule has 3 heteroatoms. The molecule has 0 aromatic heterocycles. The molecule has 1 aliphatic rings. The first-order valence-corrected chi connectivity index (χ1v) is 5.43. The van der Waals surface area contributed by atoms with Crippen LogP contribution in [0.4, 0.5) is 0 Å². The van der Waals surface area contributed by atoms with Crippen molar-refractivity contribution in [2.24, 2.45) is 10.9 Å². The Morgan fingerprint density at radius 3 is 2.73 bits per heavy atom. The van der Waals surface area contributed by atoms with Crippen LogP contribution in [0.1, 0.15) is 34.1 Å². The summed E-state index contributed by atoms with van der Waals surface area (Å²) in [5, 5.41) is 9.97. The van der Waals surface area contributed by atoms with Crippen molar-refractivity contribution < 1.29 is 9.84 Å². The number of aliphatic hydroxyl groups excluding tert-OH is 1. The second-order valence-corrected chi connectivity index (χ2v) is 4.93. The average Bonchev–Trinajstić information content (AvgIpc) is 2.12. The summed E-state index contributed by atoms with van der Waals surface area (Å²) >= 11 is 0. The zero-order valence-electron chi connectivity index (χ0n) is 10.0. The number of nitrogens with zero attached hydrogens (tertiary/aromatic N) is 1. The molecule has 0 aromatic rings. The van der Waals surface area contributed by atoms with Crippen LogP contribution in [-0.4, -0.2) is 28.8 Å². The highest BCUT2D eigenvalue weighted by Gasteiger charge is 2.32. The van der Waals surface area contributed by atoms with Gasteiger partial charge in [-0.05, 0) is 20.8 Å². The third-order valence-electron chi connectivity index (χ3n) is 2.64. The van der Waals surface area contributed by atoms with Gasteiger partial charge in [-0.2, -0.15) is 0 Å². The standard InChI is InChI=1S/C12H21NO2/c1-6-8(2)10(14)11-13-12(4,5)7-9(3)15-11/h6,8-10,14H,1,7H2,2-5H3/t8-,9?,10-/m1/s1. The molecule has 0 spiro atoms. The lowest BCUT2D eigenvalue weighted by molar-refractivity contribution is 0.0931. The number of hydrogen-bond donors (Lipinski definition) is 1. The number of aliphatic imine (C=N–C) groups is 1. The largest absolute Gasteiger partial charge is 0.476 e. The van der Waals surface area contributed by atoms with Gasteiger partial charge in [0.15, 0.2) is 0 Å². The van der Waals surface area contributed by atoms with E-state index in [2.05, 4.69) is 25.4 Å². The van der Waals surface area contributed by atoms with E-state index in [9.17, 15) is 5.11 Å². The van der Waals surface area contributed by atoms with Crippen molar-refractivity contribution in [2.45, 2.75) is 51.9 Å². The normalized spacial score (nSPS) is 28.6. The summed E-state index contributed by atoms with van der Waals surface area (Å²) in [5.74, 6) is 0.413. The average molecular weight is 211 g/mol. The molecule has 0 saturated carbocycles. The van der Waals surface area contributed by atoms with Gasteiger partial charge in [0.05, 0.1) is 11.6 Å². The third-order valence-corrected chi connectivity index (χ3v) is 2.64.